The highest BCUT2D eigenvalue weighted by Gasteiger charge is 2.31. The summed E-state index contributed by atoms with van der Waals surface area (Å²) >= 11 is 3.51. The largest absolute Gasteiger partial charge is 0.396 e. The van der Waals surface area contributed by atoms with E-state index in [9.17, 15) is 5.11 Å². The highest BCUT2D eigenvalue weighted by molar-refractivity contribution is 9.10. The van der Waals surface area contributed by atoms with E-state index in [2.05, 4.69) is 46.4 Å². The van der Waals surface area contributed by atoms with Gasteiger partial charge in [0.15, 0.2) is 0 Å². The predicted octanol–water partition coefficient (Wildman–Crippen LogP) is 4.04. The van der Waals surface area contributed by atoms with Crippen LogP contribution in [-0.2, 0) is 0 Å². The molecule has 0 radical (unpaired) electrons. The Morgan fingerprint density at radius 3 is 2.68 bits per heavy atom. The van der Waals surface area contributed by atoms with Crippen molar-refractivity contribution in [2.24, 2.45) is 5.41 Å². The van der Waals surface area contributed by atoms with Gasteiger partial charge in [-0.05, 0) is 37.5 Å². The molecule has 1 unspecified atom stereocenters. The fourth-order valence-corrected chi connectivity index (χ4v) is 3.37. The molecule has 1 aliphatic rings. The Balaban J connectivity index is 1.93. The maximum atomic E-state index is 9.72. The number of benzene rings is 1. The van der Waals surface area contributed by atoms with Crippen molar-refractivity contribution in [1.29, 1.82) is 0 Å². The predicted molar refractivity (Wildman–Crippen MR) is 83.2 cm³/mol. The molecule has 1 aliphatic carbocycles. The van der Waals surface area contributed by atoms with Crippen LogP contribution in [0.2, 0.25) is 0 Å². The van der Waals surface area contributed by atoms with E-state index >= 15 is 0 Å². The first-order valence-corrected chi connectivity index (χ1v) is 8.04. The standard InChI is InChI=1S/C16H24BrNO/c1-13(14-6-5-7-15(17)10-14)18-11-16(12-19)8-3-2-4-9-16/h5-7,10,13,18-19H,2-4,8-9,11-12H2,1H3. The van der Waals surface area contributed by atoms with Crippen LogP contribution in [0.3, 0.4) is 0 Å². The Morgan fingerprint density at radius 2 is 2.05 bits per heavy atom. The lowest BCUT2D eigenvalue weighted by Gasteiger charge is -2.36. The maximum absolute atomic E-state index is 9.72. The van der Waals surface area contributed by atoms with Crippen molar-refractivity contribution >= 4 is 15.9 Å². The van der Waals surface area contributed by atoms with Gasteiger partial charge in [0.2, 0.25) is 0 Å². The number of hydrogen-bond acceptors (Lipinski definition) is 2. The van der Waals surface area contributed by atoms with Crippen molar-refractivity contribution < 1.29 is 5.11 Å². The van der Waals surface area contributed by atoms with E-state index in [1.165, 1.54) is 24.8 Å². The normalized spacial score (nSPS) is 20.2. The summed E-state index contributed by atoms with van der Waals surface area (Å²) in [4.78, 5) is 0. The minimum Gasteiger partial charge on any atom is -0.396 e. The molecule has 0 spiro atoms. The number of halogens is 1. The molecule has 0 aliphatic heterocycles. The lowest BCUT2D eigenvalue weighted by atomic mass is 9.74. The average Bonchev–Trinajstić information content (AvgIpc) is 2.46. The molecule has 0 amide bonds. The lowest BCUT2D eigenvalue weighted by molar-refractivity contribution is 0.0789. The molecule has 0 saturated heterocycles. The molecule has 0 bridgehead atoms. The van der Waals surface area contributed by atoms with E-state index in [0.29, 0.717) is 12.6 Å². The van der Waals surface area contributed by atoms with Crippen molar-refractivity contribution in [3.05, 3.63) is 34.3 Å². The molecule has 1 atom stereocenters. The molecule has 1 saturated carbocycles. The third-order valence-corrected chi connectivity index (χ3v) is 4.87. The minimum absolute atomic E-state index is 0.110. The van der Waals surface area contributed by atoms with Gasteiger partial charge in [-0.25, -0.2) is 0 Å². The molecule has 3 heteroatoms. The second-order valence-electron chi connectivity index (χ2n) is 5.88. The van der Waals surface area contributed by atoms with Gasteiger partial charge in [0, 0.05) is 29.1 Å². The Kier molecular flexibility index (Phi) is 5.43. The summed E-state index contributed by atoms with van der Waals surface area (Å²) in [7, 11) is 0. The number of rotatable bonds is 5. The summed E-state index contributed by atoms with van der Waals surface area (Å²) < 4.78 is 1.12. The molecule has 1 aromatic carbocycles. The zero-order chi connectivity index (χ0) is 13.7. The van der Waals surface area contributed by atoms with Crippen molar-refractivity contribution in [3.63, 3.8) is 0 Å². The zero-order valence-electron chi connectivity index (χ0n) is 11.7. The fourth-order valence-electron chi connectivity index (χ4n) is 2.96. The van der Waals surface area contributed by atoms with Gasteiger partial charge >= 0.3 is 0 Å². The van der Waals surface area contributed by atoms with Crippen molar-refractivity contribution in [2.75, 3.05) is 13.2 Å². The van der Waals surface area contributed by atoms with Crippen molar-refractivity contribution in [2.45, 2.75) is 45.1 Å². The van der Waals surface area contributed by atoms with E-state index < -0.39 is 0 Å². The van der Waals surface area contributed by atoms with Crippen LogP contribution in [0.25, 0.3) is 0 Å². The lowest BCUT2D eigenvalue weighted by Crippen LogP contribution is -2.39. The van der Waals surface area contributed by atoms with Gasteiger partial charge in [0.1, 0.15) is 0 Å². The molecular formula is C16H24BrNO. The van der Waals surface area contributed by atoms with Gasteiger partial charge in [-0.1, -0.05) is 47.3 Å². The van der Waals surface area contributed by atoms with Crippen molar-refractivity contribution in [1.82, 2.24) is 5.32 Å². The third-order valence-electron chi connectivity index (χ3n) is 4.38. The quantitative estimate of drug-likeness (QED) is 0.856. The number of aliphatic hydroxyl groups is 1. The van der Waals surface area contributed by atoms with Crippen molar-refractivity contribution in [3.8, 4) is 0 Å². The highest BCUT2D eigenvalue weighted by Crippen LogP contribution is 2.35. The Hall–Kier alpha value is -0.380. The van der Waals surface area contributed by atoms with Gasteiger partial charge in [-0.3, -0.25) is 0 Å². The van der Waals surface area contributed by atoms with Gasteiger partial charge in [0.05, 0.1) is 0 Å². The monoisotopic (exact) mass is 325 g/mol. The second-order valence-corrected chi connectivity index (χ2v) is 6.79. The first kappa shape index (κ1) is 15.0. The van der Waals surface area contributed by atoms with Gasteiger partial charge in [0.25, 0.3) is 0 Å². The SMILES string of the molecule is CC(NCC1(CO)CCCCC1)c1cccc(Br)c1. The Labute approximate surface area is 124 Å². The van der Waals surface area contributed by atoms with E-state index in [4.69, 9.17) is 0 Å². The average molecular weight is 326 g/mol. The topological polar surface area (TPSA) is 32.3 Å². The molecule has 0 aromatic heterocycles. The first-order valence-electron chi connectivity index (χ1n) is 7.25. The van der Waals surface area contributed by atoms with Crippen LogP contribution < -0.4 is 5.32 Å². The van der Waals surface area contributed by atoms with Gasteiger partial charge in [-0.2, -0.15) is 0 Å². The number of nitrogens with one attached hydrogen (secondary N) is 1. The smallest absolute Gasteiger partial charge is 0.0499 e. The second kappa shape index (κ2) is 6.87. The fraction of sp³-hybridized carbons (Fsp3) is 0.625. The van der Waals surface area contributed by atoms with Gasteiger partial charge < -0.3 is 10.4 Å². The number of aliphatic hydroxyl groups excluding tert-OH is 1. The van der Waals surface area contributed by atoms with Crippen LogP contribution in [0.15, 0.2) is 28.7 Å². The van der Waals surface area contributed by atoms with Crippen LogP contribution >= 0.6 is 15.9 Å². The molecule has 2 N–H and O–H groups in total. The summed E-state index contributed by atoms with van der Waals surface area (Å²) in [5.74, 6) is 0. The summed E-state index contributed by atoms with van der Waals surface area (Å²) in [5, 5.41) is 13.3. The van der Waals surface area contributed by atoms with Gasteiger partial charge in [-0.15, -0.1) is 0 Å². The Bertz CT molecular complexity index is 401. The van der Waals surface area contributed by atoms with E-state index in [1.807, 2.05) is 6.07 Å². The van der Waals surface area contributed by atoms with E-state index in [0.717, 1.165) is 23.9 Å². The molecule has 2 rings (SSSR count). The molecular weight excluding hydrogens is 302 g/mol. The third kappa shape index (κ3) is 4.04. The van der Waals surface area contributed by atoms with Crippen LogP contribution in [0.1, 0.15) is 50.6 Å². The number of hydrogen-bond donors (Lipinski definition) is 2. The van der Waals surface area contributed by atoms with Crippen LogP contribution in [0.5, 0.6) is 0 Å². The summed E-state index contributed by atoms with van der Waals surface area (Å²) in [6.45, 7) is 3.41. The molecule has 1 fully saturated rings. The van der Waals surface area contributed by atoms with Crippen LogP contribution in [0.4, 0.5) is 0 Å². The highest BCUT2D eigenvalue weighted by atomic mass is 79.9. The van der Waals surface area contributed by atoms with E-state index in [-0.39, 0.29) is 5.41 Å². The molecule has 2 nitrogen and oxygen atoms in total. The zero-order valence-corrected chi connectivity index (χ0v) is 13.2. The van der Waals surface area contributed by atoms with Crippen LogP contribution in [0, 0.1) is 5.41 Å². The summed E-state index contributed by atoms with van der Waals surface area (Å²) in [5.41, 5.74) is 1.40. The minimum atomic E-state index is 0.110. The maximum Gasteiger partial charge on any atom is 0.0499 e. The van der Waals surface area contributed by atoms with Crippen LogP contribution in [-0.4, -0.2) is 18.3 Å². The molecule has 19 heavy (non-hydrogen) atoms. The first-order chi connectivity index (χ1) is 9.15. The molecule has 106 valence electrons. The van der Waals surface area contributed by atoms with E-state index in [1.54, 1.807) is 0 Å². The summed E-state index contributed by atoms with van der Waals surface area (Å²) in [6.07, 6.45) is 6.15. The Morgan fingerprint density at radius 1 is 1.32 bits per heavy atom. The molecule has 0 heterocycles. The molecule has 1 aromatic rings. The summed E-state index contributed by atoms with van der Waals surface area (Å²) in [6, 6.07) is 8.74.